The number of pyridine rings is 1. The number of phenolic OH excluding ortho intramolecular Hbond substituents is 1. The molecule has 0 radical (unpaired) electrons. The van der Waals surface area contributed by atoms with Crippen molar-refractivity contribution in [3.8, 4) is 5.75 Å². The lowest BCUT2D eigenvalue weighted by Gasteiger charge is -2.08. The van der Waals surface area contributed by atoms with Crippen LogP contribution in [0.1, 0.15) is 16.7 Å². The summed E-state index contributed by atoms with van der Waals surface area (Å²) < 4.78 is 0. The van der Waals surface area contributed by atoms with Crippen molar-refractivity contribution in [2.24, 2.45) is 0 Å². The molecule has 0 unspecified atom stereocenters. The van der Waals surface area contributed by atoms with E-state index in [1.165, 1.54) is 5.56 Å². The highest BCUT2D eigenvalue weighted by molar-refractivity contribution is 5.39. The van der Waals surface area contributed by atoms with Gasteiger partial charge in [0.15, 0.2) is 0 Å². The van der Waals surface area contributed by atoms with Crippen molar-refractivity contribution >= 4 is 0 Å². The van der Waals surface area contributed by atoms with Gasteiger partial charge in [-0.05, 0) is 37.1 Å². The van der Waals surface area contributed by atoms with Crippen molar-refractivity contribution in [2.75, 3.05) is 6.54 Å². The highest BCUT2D eigenvalue weighted by atomic mass is 16.3. The number of aromatic nitrogens is 1. The minimum absolute atomic E-state index is 0.395. The van der Waals surface area contributed by atoms with Crippen LogP contribution in [-0.2, 0) is 13.0 Å². The van der Waals surface area contributed by atoms with E-state index in [0.29, 0.717) is 12.3 Å². The van der Waals surface area contributed by atoms with Gasteiger partial charge in [-0.1, -0.05) is 24.3 Å². The van der Waals surface area contributed by atoms with Gasteiger partial charge < -0.3 is 10.4 Å². The van der Waals surface area contributed by atoms with Crippen LogP contribution in [0.15, 0.2) is 42.7 Å². The fourth-order valence-corrected chi connectivity index (χ4v) is 1.86. The van der Waals surface area contributed by atoms with E-state index in [1.54, 1.807) is 6.20 Å². The number of para-hydroxylation sites is 1. The summed E-state index contributed by atoms with van der Waals surface area (Å²) in [6.07, 6.45) is 4.61. The first kappa shape index (κ1) is 12.6. The maximum atomic E-state index is 9.86. The van der Waals surface area contributed by atoms with Crippen LogP contribution in [0.4, 0.5) is 0 Å². The minimum Gasteiger partial charge on any atom is -0.507 e. The van der Waals surface area contributed by atoms with E-state index in [4.69, 9.17) is 0 Å². The topological polar surface area (TPSA) is 45.2 Å². The summed E-state index contributed by atoms with van der Waals surface area (Å²) in [5, 5.41) is 13.2. The normalized spacial score (nSPS) is 10.5. The summed E-state index contributed by atoms with van der Waals surface area (Å²) in [5.41, 5.74) is 3.08. The molecule has 18 heavy (non-hydrogen) atoms. The third kappa shape index (κ3) is 3.31. The van der Waals surface area contributed by atoms with Crippen LogP contribution in [0.5, 0.6) is 5.75 Å². The van der Waals surface area contributed by atoms with Crippen LogP contribution < -0.4 is 5.32 Å². The van der Waals surface area contributed by atoms with E-state index >= 15 is 0 Å². The first-order chi connectivity index (χ1) is 8.77. The molecule has 3 nitrogen and oxygen atoms in total. The molecule has 1 heterocycles. The maximum Gasteiger partial charge on any atom is 0.122 e. The van der Waals surface area contributed by atoms with Gasteiger partial charge >= 0.3 is 0 Å². The van der Waals surface area contributed by atoms with E-state index < -0.39 is 0 Å². The van der Waals surface area contributed by atoms with Gasteiger partial charge in [-0.25, -0.2) is 0 Å². The van der Waals surface area contributed by atoms with Gasteiger partial charge in [0, 0.05) is 24.5 Å². The number of hydrogen-bond acceptors (Lipinski definition) is 3. The predicted molar refractivity (Wildman–Crippen MR) is 72.5 cm³/mol. The van der Waals surface area contributed by atoms with Crippen LogP contribution in [0, 0.1) is 6.92 Å². The molecule has 2 rings (SSSR count). The maximum absolute atomic E-state index is 9.86. The van der Waals surface area contributed by atoms with Crippen molar-refractivity contribution < 1.29 is 5.11 Å². The average Bonchev–Trinajstić information content (AvgIpc) is 2.40. The number of nitrogens with zero attached hydrogens (tertiary/aromatic N) is 1. The number of phenols is 1. The number of aromatic hydroxyl groups is 1. The largest absolute Gasteiger partial charge is 0.507 e. The Morgan fingerprint density at radius 1 is 1.22 bits per heavy atom. The Kier molecular flexibility index (Phi) is 4.31. The highest BCUT2D eigenvalue weighted by Crippen LogP contribution is 2.20. The average molecular weight is 242 g/mol. The molecule has 0 amide bonds. The third-order valence-corrected chi connectivity index (χ3v) is 2.95. The summed E-state index contributed by atoms with van der Waals surface area (Å²) in [6, 6.07) is 9.83. The molecular formula is C15H18N2O. The molecule has 0 spiro atoms. The zero-order chi connectivity index (χ0) is 12.8. The van der Waals surface area contributed by atoms with Gasteiger partial charge in [-0.15, -0.1) is 0 Å². The smallest absolute Gasteiger partial charge is 0.122 e. The monoisotopic (exact) mass is 242 g/mol. The number of aryl methyl sites for hydroxylation is 1. The van der Waals surface area contributed by atoms with Crippen LogP contribution in [0.25, 0.3) is 0 Å². The van der Waals surface area contributed by atoms with Gasteiger partial charge in [0.1, 0.15) is 5.75 Å². The quantitative estimate of drug-likeness (QED) is 0.791. The Hall–Kier alpha value is -1.87. The highest BCUT2D eigenvalue weighted by Gasteiger charge is 2.02. The van der Waals surface area contributed by atoms with E-state index in [2.05, 4.69) is 16.4 Å². The van der Waals surface area contributed by atoms with Crippen LogP contribution in [0.3, 0.4) is 0 Å². The Balaban J connectivity index is 1.81. The molecule has 0 atom stereocenters. The lowest BCUT2D eigenvalue weighted by atomic mass is 10.1. The van der Waals surface area contributed by atoms with Gasteiger partial charge in [0.2, 0.25) is 0 Å². The van der Waals surface area contributed by atoms with Crippen molar-refractivity contribution in [1.29, 1.82) is 0 Å². The molecule has 0 bridgehead atoms. The summed E-state index contributed by atoms with van der Waals surface area (Å²) in [6.45, 7) is 3.47. The SMILES string of the molecule is Cc1cccc(CNCCc2cccnc2)c1O. The summed E-state index contributed by atoms with van der Waals surface area (Å²) >= 11 is 0. The van der Waals surface area contributed by atoms with Crippen LogP contribution >= 0.6 is 0 Å². The molecule has 0 aliphatic carbocycles. The Bertz CT molecular complexity index is 497. The molecule has 1 aromatic carbocycles. The second-order valence-electron chi connectivity index (χ2n) is 4.37. The van der Waals surface area contributed by atoms with Crippen LogP contribution in [-0.4, -0.2) is 16.6 Å². The molecule has 0 aliphatic rings. The van der Waals surface area contributed by atoms with Crippen molar-refractivity contribution in [1.82, 2.24) is 10.3 Å². The number of nitrogens with one attached hydrogen (secondary N) is 1. The van der Waals surface area contributed by atoms with Gasteiger partial charge in [0.25, 0.3) is 0 Å². The van der Waals surface area contributed by atoms with E-state index in [0.717, 1.165) is 24.1 Å². The van der Waals surface area contributed by atoms with E-state index in [1.807, 2.05) is 37.4 Å². The van der Waals surface area contributed by atoms with Crippen LogP contribution in [0.2, 0.25) is 0 Å². The van der Waals surface area contributed by atoms with Gasteiger partial charge in [-0.3, -0.25) is 4.98 Å². The first-order valence-electron chi connectivity index (χ1n) is 6.14. The molecule has 2 aromatic rings. The Morgan fingerprint density at radius 3 is 2.89 bits per heavy atom. The molecule has 2 N–H and O–H groups in total. The minimum atomic E-state index is 0.395. The predicted octanol–water partition coefficient (Wildman–Crippen LogP) is 2.43. The molecule has 0 fully saturated rings. The molecule has 94 valence electrons. The lowest BCUT2D eigenvalue weighted by Crippen LogP contribution is -2.16. The van der Waals surface area contributed by atoms with E-state index in [9.17, 15) is 5.11 Å². The standard InChI is InChI=1S/C15H18N2O/c1-12-4-2-6-14(15(12)18)11-17-9-7-13-5-3-8-16-10-13/h2-6,8,10,17-18H,7,9,11H2,1H3. The molecular weight excluding hydrogens is 224 g/mol. The van der Waals surface area contributed by atoms with E-state index in [-0.39, 0.29) is 0 Å². The van der Waals surface area contributed by atoms with Crippen molar-refractivity contribution in [3.63, 3.8) is 0 Å². The zero-order valence-corrected chi connectivity index (χ0v) is 10.6. The molecule has 0 saturated heterocycles. The molecule has 3 heteroatoms. The summed E-state index contributed by atoms with van der Waals surface area (Å²) in [4.78, 5) is 4.08. The van der Waals surface area contributed by atoms with Gasteiger partial charge in [0.05, 0.1) is 0 Å². The molecule has 0 saturated carbocycles. The molecule has 1 aromatic heterocycles. The second-order valence-corrected chi connectivity index (χ2v) is 4.37. The zero-order valence-electron chi connectivity index (χ0n) is 10.6. The number of hydrogen-bond donors (Lipinski definition) is 2. The molecule has 0 aliphatic heterocycles. The van der Waals surface area contributed by atoms with Gasteiger partial charge in [-0.2, -0.15) is 0 Å². The Labute approximate surface area is 108 Å². The second kappa shape index (κ2) is 6.17. The first-order valence-corrected chi connectivity index (χ1v) is 6.14. The summed E-state index contributed by atoms with van der Waals surface area (Å²) in [7, 11) is 0. The third-order valence-electron chi connectivity index (χ3n) is 2.95. The Morgan fingerprint density at radius 2 is 2.11 bits per heavy atom. The fourth-order valence-electron chi connectivity index (χ4n) is 1.86. The fraction of sp³-hybridized carbons (Fsp3) is 0.267. The number of rotatable bonds is 5. The van der Waals surface area contributed by atoms with Crippen molar-refractivity contribution in [2.45, 2.75) is 19.9 Å². The lowest BCUT2D eigenvalue weighted by molar-refractivity contribution is 0.460. The summed E-state index contributed by atoms with van der Waals surface area (Å²) in [5.74, 6) is 0.395. The van der Waals surface area contributed by atoms with Crippen molar-refractivity contribution in [3.05, 3.63) is 59.4 Å². The number of benzene rings is 1.